The number of hydrogen-bond acceptors (Lipinski definition) is 8. The van der Waals surface area contributed by atoms with Crippen molar-refractivity contribution in [1.29, 1.82) is 0 Å². The standard InChI is InChI=1S/2C8H8O3.2C3H4N2.Ni/c2*9-7-3-1-2-6(4-7)5-8(10)11;2*1-2-5-3-4-1;/h2*1-4,9H,5H2,(H,10,11);2*1-3H,(H,4,5);/q;;;;+2/p-2. The molecule has 0 spiro atoms. The number of imidazole rings is 2. The quantitative estimate of drug-likeness (QED) is 0.289. The van der Waals surface area contributed by atoms with Crippen LogP contribution in [0.25, 0.3) is 0 Å². The fourth-order valence-corrected chi connectivity index (χ4v) is 2.10. The largest absolute Gasteiger partial charge is 2.00 e. The molecule has 176 valence electrons. The summed E-state index contributed by atoms with van der Waals surface area (Å²) in [5.74, 6) is -2.14. The second-order valence-electron chi connectivity index (χ2n) is 5.96. The van der Waals surface area contributed by atoms with Gasteiger partial charge in [-0.15, -0.1) is 0 Å². The van der Waals surface area contributed by atoms with Crippen LogP contribution in [0.3, 0.4) is 0 Å². The summed E-state index contributed by atoms with van der Waals surface area (Å²) in [5.41, 5.74) is 1.09. The average molecular weight is 497 g/mol. The number of phenols is 2. The summed E-state index contributed by atoms with van der Waals surface area (Å²) >= 11 is 0. The van der Waals surface area contributed by atoms with Crippen molar-refractivity contribution in [2.45, 2.75) is 12.8 Å². The molecule has 0 amide bonds. The minimum Gasteiger partial charge on any atom is -0.550 e. The van der Waals surface area contributed by atoms with Crippen molar-refractivity contribution >= 4 is 11.9 Å². The van der Waals surface area contributed by atoms with Crippen molar-refractivity contribution in [1.82, 2.24) is 19.9 Å². The molecule has 2 aromatic carbocycles. The van der Waals surface area contributed by atoms with Gasteiger partial charge in [0.1, 0.15) is 11.5 Å². The van der Waals surface area contributed by atoms with Gasteiger partial charge in [-0.1, -0.05) is 24.3 Å². The number of nitrogens with one attached hydrogen (secondary N) is 2. The molecule has 2 heterocycles. The van der Waals surface area contributed by atoms with Crippen LogP contribution in [0.15, 0.2) is 86.0 Å². The number of aromatic amines is 2. The third-order valence-corrected chi connectivity index (χ3v) is 3.33. The maximum absolute atomic E-state index is 10.1. The first-order chi connectivity index (χ1) is 15.4. The number of hydrogen-bond donors (Lipinski definition) is 4. The molecule has 0 atom stereocenters. The summed E-state index contributed by atoms with van der Waals surface area (Å²) in [6.07, 6.45) is 9.85. The Morgan fingerprint density at radius 3 is 1.36 bits per heavy atom. The molecule has 0 aliphatic carbocycles. The molecule has 0 unspecified atom stereocenters. The Labute approximate surface area is 199 Å². The smallest absolute Gasteiger partial charge is 0.550 e. The summed E-state index contributed by atoms with van der Waals surface area (Å²) in [5, 5.41) is 38.0. The Morgan fingerprint density at radius 2 is 1.15 bits per heavy atom. The topological polar surface area (TPSA) is 178 Å². The Balaban J connectivity index is 0.000000434. The minimum absolute atomic E-state index is 0. The number of carboxylic acid groups (broad SMARTS) is 2. The summed E-state index contributed by atoms with van der Waals surface area (Å²) in [6.45, 7) is 0. The first-order valence-electron chi connectivity index (χ1n) is 9.17. The zero-order valence-corrected chi connectivity index (χ0v) is 18.2. The van der Waals surface area contributed by atoms with Crippen molar-refractivity contribution in [3.05, 3.63) is 97.1 Å². The zero-order chi connectivity index (χ0) is 23.6. The monoisotopic (exact) mass is 496 g/mol. The van der Waals surface area contributed by atoms with E-state index in [0.29, 0.717) is 11.1 Å². The zero-order valence-electron chi connectivity index (χ0n) is 17.2. The normalized spacial score (nSPS) is 8.73. The van der Waals surface area contributed by atoms with Gasteiger partial charge in [0.2, 0.25) is 0 Å². The van der Waals surface area contributed by atoms with Gasteiger partial charge in [-0.3, -0.25) is 0 Å². The van der Waals surface area contributed by atoms with E-state index in [1.165, 1.54) is 24.3 Å². The van der Waals surface area contributed by atoms with Crippen LogP contribution in [-0.2, 0) is 38.9 Å². The van der Waals surface area contributed by atoms with E-state index < -0.39 is 11.9 Å². The van der Waals surface area contributed by atoms with E-state index in [4.69, 9.17) is 10.2 Å². The molecular weight excluding hydrogens is 475 g/mol. The van der Waals surface area contributed by atoms with Gasteiger partial charge in [-0.05, 0) is 35.4 Å². The van der Waals surface area contributed by atoms with Gasteiger partial charge in [-0.2, -0.15) is 0 Å². The van der Waals surface area contributed by atoms with Gasteiger partial charge in [0.15, 0.2) is 0 Å². The second-order valence-corrected chi connectivity index (χ2v) is 5.96. The predicted molar refractivity (Wildman–Crippen MR) is 111 cm³/mol. The molecule has 0 aliphatic heterocycles. The maximum atomic E-state index is 10.1. The molecule has 4 aromatic rings. The van der Waals surface area contributed by atoms with Gasteiger partial charge in [0, 0.05) is 49.6 Å². The van der Waals surface area contributed by atoms with Gasteiger partial charge >= 0.3 is 16.5 Å². The van der Waals surface area contributed by atoms with Gasteiger partial charge in [0.05, 0.1) is 12.7 Å². The minimum atomic E-state index is -1.14. The van der Waals surface area contributed by atoms with E-state index in [1.807, 2.05) is 0 Å². The molecule has 4 N–H and O–H groups in total. The van der Waals surface area contributed by atoms with E-state index in [9.17, 15) is 19.8 Å². The fourth-order valence-electron chi connectivity index (χ4n) is 2.10. The van der Waals surface area contributed by atoms with Crippen LogP contribution in [-0.4, -0.2) is 42.1 Å². The second kappa shape index (κ2) is 17.6. The number of aromatic hydroxyl groups is 2. The van der Waals surface area contributed by atoms with E-state index in [-0.39, 0.29) is 40.8 Å². The van der Waals surface area contributed by atoms with Crippen LogP contribution in [0.5, 0.6) is 11.5 Å². The number of nitrogens with zero attached hydrogens (tertiary/aromatic N) is 2. The number of aliphatic carboxylic acids is 2. The van der Waals surface area contributed by atoms with E-state index in [0.717, 1.165) is 0 Å². The SMILES string of the molecule is O=C([O-])Cc1cccc(O)c1.O=C([O-])Cc1cccc(O)c1.[Ni+2].c1c[nH]cn1.c1c[nH]cn1. The van der Waals surface area contributed by atoms with Crippen molar-refractivity contribution in [3.63, 3.8) is 0 Å². The number of rotatable bonds is 4. The number of aromatic nitrogens is 4. The van der Waals surface area contributed by atoms with Crippen LogP contribution in [0, 0.1) is 0 Å². The van der Waals surface area contributed by atoms with Gasteiger partial charge < -0.3 is 40.0 Å². The molecule has 0 saturated heterocycles. The van der Waals surface area contributed by atoms with Crippen LogP contribution < -0.4 is 10.2 Å². The van der Waals surface area contributed by atoms with E-state index in [1.54, 1.807) is 61.7 Å². The number of carbonyl (C=O) groups excluding carboxylic acids is 2. The number of carbonyl (C=O) groups is 2. The molecule has 4 rings (SSSR count). The summed E-state index contributed by atoms with van der Waals surface area (Å²) in [4.78, 5) is 33.0. The Bertz CT molecular complexity index is 909. The Morgan fingerprint density at radius 1 is 0.758 bits per heavy atom. The van der Waals surface area contributed by atoms with Crippen LogP contribution >= 0.6 is 0 Å². The Hall–Kier alpha value is -4.11. The number of benzene rings is 2. The molecule has 2 aromatic heterocycles. The first kappa shape index (κ1) is 28.9. The van der Waals surface area contributed by atoms with Crippen LogP contribution in [0.1, 0.15) is 11.1 Å². The van der Waals surface area contributed by atoms with Crippen molar-refractivity contribution in [3.8, 4) is 11.5 Å². The molecule has 10 nitrogen and oxygen atoms in total. The number of phenolic OH excluding ortho intramolecular Hbond substituents is 2. The number of carboxylic acids is 2. The van der Waals surface area contributed by atoms with Gasteiger partial charge in [0.25, 0.3) is 0 Å². The Kier molecular flexibility index (Phi) is 15.4. The van der Waals surface area contributed by atoms with Crippen molar-refractivity contribution in [2.24, 2.45) is 0 Å². The molecule has 33 heavy (non-hydrogen) atoms. The molecule has 11 heteroatoms. The maximum Gasteiger partial charge on any atom is 2.00 e. The summed E-state index contributed by atoms with van der Waals surface area (Å²) < 4.78 is 0. The predicted octanol–water partition coefficient (Wildman–Crippen LogP) is 0.186. The fraction of sp³-hybridized carbons (Fsp3) is 0.0909. The summed E-state index contributed by atoms with van der Waals surface area (Å²) in [7, 11) is 0. The van der Waals surface area contributed by atoms with Crippen LogP contribution in [0.4, 0.5) is 0 Å². The first-order valence-corrected chi connectivity index (χ1v) is 9.17. The van der Waals surface area contributed by atoms with E-state index >= 15 is 0 Å². The molecule has 0 bridgehead atoms. The van der Waals surface area contributed by atoms with Gasteiger partial charge in [-0.25, -0.2) is 9.97 Å². The molecule has 0 saturated carbocycles. The van der Waals surface area contributed by atoms with Crippen molar-refractivity contribution in [2.75, 3.05) is 0 Å². The molecule has 0 radical (unpaired) electrons. The molecule has 0 aliphatic rings. The number of H-pyrrole nitrogens is 2. The van der Waals surface area contributed by atoms with Crippen molar-refractivity contribution < 1.29 is 46.5 Å². The third-order valence-electron chi connectivity index (χ3n) is 3.33. The summed E-state index contributed by atoms with van der Waals surface area (Å²) in [6, 6.07) is 12.2. The van der Waals surface area contributed by atoms with Crippen LogP contribution in [0.2, 0.25) is 0 Å². The van der Waals surface area contributed by atoms with E-state index in [2.05, 4.69) is 19.9 Å². The molecule has 0 fully saturated rings. The molecular formula is C22H22N4NiO6. The third kappa shape index (κ3) is 16.3. The average Bonchev–Trinajstić information content (AvgIpc) is 3.47.